The zero-order valence-corrected chi connectivity index (χ0v) is 9.30. The summed E-state index contributed by atoms with van der Waals surface area (Å²) in [7, 11) is 2.17. The SMILES string of the molecule is CN1CCN(Cc2ccco2)CC1.Cl. The highest BCUT2D eigenvalue weighted by atomic mass is 35.5. The quantitative estimate of drug-likeness (QED) is 0.746. The second-order valence-corrected chi connectivity index (χ2v) is 3.66. The molecule has 2 rings (SSSR count). The molecule has 14 heavy (non-hydrogen) atoms. The highest BCUT2D eigenvalue weighted by Gasteiger charge is 2.14. The number of furan rings is 1. The van der Waals surface area contributed by atoms with Crippen LogP contribution in [0.15, 0.2) is 22.8 Å². The number of nitrogens with zero attached hydrogens (tertiary/aromatic N) is 2. The highest BCUT2D eigenvalue weighted by molar-refractivity contribution is 5.85. The summed E-state index contributed by atoms with van der Waals surface area (Å²) in [5.41, 5.74) is 0. The van der Waals surface area contributed by atoms with E-state index < -0.39 is 0 Å². The summed E-state index contributed by atoms with van der Waals surface area (Å²) in [6, 6.07) is 3.99. The molecular formula is C10H17ClN2O. The molecule has 0 aliphatic carbocycles. The molecule has 1 aliphatic heterocycles. The Balaban J connectivity index is 0.000000980. The fourth-order valence-electron chi connectivity index (χ4n) is 1.63. The van der Waals surface area contributed by atoms with E-state index in [4.69, 9.17) is 4.42 Å². The topological polar surface area (TPSA) is 19.6 Å². The van der Waals surface area contributed by atoms with Crippen LogP contribution in [-0.2, 0) is 6.54 Å². The van der Waals surface area contributed by atoms with Crippen LogP contribution in [0.4, 0.5) is 0 Å². The lowest BCUT2D eigenvalue weighted by atomic mass is 10.3. The van der Waals surface area contributed by atoms with Crippen LogP contribution >= 0.6 is 12.4 Å². The minimum Gasteiger partial charge on any atom is -0.468 e. The third-order valence-corrected chi connectivity index (χ3v) is 2.56. The van der Waals surface area contributed by atoms with E-state index in [-0.39, 0.29) is 12.4 Å². The summed E-state index contributed by atoms with van der Waals surface area (Å²) in [5.74, 6) is 1.07. The summed E-state index contributed by atoms with van der Waals surface area (Å²) >= 11 is 0. The molecule has 1 saturated heterocycles. The predicted octanol–water partition coefficient (Wildman–Crippen LogP) is 1.45. The van der Waals surface area contributed by atoms with Crippen LogP contribution in [0.25, 0.3) is 0 Å². The maximum atomic E-state index is 5.31. The van der Waals surface area contributed by atoms with Crippen molar-refractivity contribution in [3.05, 3.63) is 24.2 Å². The molecule has 1 aliphatic rings. The van der Waals surface area contributed by atoms with E-state index in [2.05, 4.69) is 16.8 Å². The number of likely N-dealkylation sites (N-methyl/N-ethyl adjacent to an activating group) is 1. The summed E-state index contributed by atoms with van der Waals surface area (Å²) in [5, 5.41) is 0. The van der Waals surface area contributed by atoms with Gasteiger partial charge in [0, 0.05) is 26.2 Å². The van der Waals surface area contributed by atoms with Gasteiger partial charge in [0.15, 0.2) is 0 Å². The average Bonchev–Trinajstić information content (AvgIpc) is 2.62. The first-order chi connectivity index (χ1) is 6.34. The first kappa shape index (κ1) is 11.6. The van der Waals surface area contributed by atoms with Crippen LogP contribution in [0.5, 0.6) is 0 Å². The van der Waals surface area contributed by atoms with Gasteiger partial charge in [-0.1, -0.05) is 0 Å². The van der Waals surface area contributed by atoms with Crippen LogP contribution < -0.4 is 0 Å². The Morgan fingerprint density at radius 2 is 2.00 bits per heavy atom. The fraction of sp³-hybridized carbons (Fsp3) is 0.600. The van der Waals surface area contributed by atoms with Gasteiger partial charge in [0.1, 0.15) is 5.76 Å². The van der Waals surface area contributed by atoms with Crippen molar-refractivity contribution in [3.63, 3.8) is 0 Å². The van der Waals surface area contributed by atoms with Gasteiger partial charge in [-0.15, -0.1) is 12.4 Å². The van der Waals surface area contributed by atoms with Crippen molar-refractivity contribution >= 4 is 12.4 Å². The Bertz CT molecular complexity index is 243. The van der Waals surface area contributed by atoms with E-state index in [1.54, 1.807) is 6.26 Å². The van der Waals surface area contributed by atoms with Gasteiger partial charge in [-0.25, -0.2) is 0 Å². The minimum absolute atomic E-state index is 0. The molecule has 0 radical (unpaired) electrons. The molecule has 3 nitrogen and oxygen atoms in total. The Hall–Kier alpha value is -0.510. The van der Waals surface area contributed by atoms with Crippen molar-refractivity contribution in [2.75, 3.05) is 33.2 Å². The fourth-order valence-corrected chi connectivity index (χ4v) is 1.63. The Morgan fingerprint density at radius 1 is 1.29 bits per heavy atom. The summed E-state index contributed by atoms with van der Waals surface area (Å²) < 4.78 is 5.31. The normalized spacial score (nSPS) is 19.2. The molecule has 0 bridgehead atoms. The molecule has 0 aromatic carbocycles. The average molecular weight is 217 g/mol. The molecule has 0 amide bonds. The molecule has 1 aromatic heterocycles. The number of rotatable bonds is 2. The van der Waals surface area contributed by atoms with Crippen molar-refractivity contribution in [2.45, 2.75) is 6.54 Å². The van der Waals surface area contributed by atoms with E-state index in [1.165, 1.54) is 13.1 Å². The molecule has 4 heteroatoms. The predicted molar refractivity (Wildman–Crippen MR) is 58.7 cm³/mol. The summed E-state index contributed by atoms with van der Waals surface area (Å²) in [6.07, 6.45) is 1.74. The molecular weight excluding hydrogens is 200 g/mol. The third kappa shape index (κ3) is 3.01. The lowest BCUT2D eigenvalue weighted by Gasteiger charge is -2.31. The van der Waals surface area contributed by atoms with Crippen LogP contribution in [-0.4, -0.2) is 43.0 Å². The molecule has 0 spiro atoms. The third-order valence-electron chi connectivity index (χ3n) is 2.56. The van der Waals surface area contributed by atoms with Gasteiger partial charge in [-0.3, -0.25) is 4.90 Å². The summed E-state index contributed by atoms with van der Waals surface area (Å²) in [6.45, 7) is 5.59. The van der Waals surface area contributed by atoms with Gasteiger partial charge < -0.3 is 9.32 Å². The van der Waals surface area contributed by atoms with Gasteiger partial charge in [0.25, 0.3) is 0 Å². The Labute approximate surface area is 91.1 Å². The monoisotopic (exact) mass is 216 g/mol. The largest absolute Gasteiger partial charge is 0.468 e. The molecule has 0 unspecified atom stereocenters. The van der Waals surface area contributed by atoms with Crippen molar-refractivity contribution in [1.82, 2.24) is 9.80 Å². The molecule has 80 valence electrons. The first-order valence-corrected chi connectivity index (χ1v) is 4.78. The molecule has 0 saturated carbocycles. The lowest BCUT2D eigenvalue weighted by Crippen LogP contribution is -2.43. The van der Waals surface area contributed by atoms with Gasteiger partial charge in [0.05, 0.1) is 12.8 Å². The number of hydrogen-bond donors (Lipinski definition) is 0. The molecule has 2 heterocycles. The lowest BCUT2D eigenvalue weighted by molar-refractivity contribution is 0.140. The van der Waals surface area contributed by atoms with Crippen LogP contribution in [0, 0.1) is 0 Å². The second-order valence-electron chi connectivity index (χ2n) is 3.66. The van der Waals surface area contributed by atoms with Crippen molar-refractivity contribution in [3.8, 4) is 0 Å². The first-order valence-electron chi connectivity index (χ1n) is 4.78. The van der Waals surface area contributed by atoms with Gasteiger partial charge in [0.2, 0.25) is 0 Å². The molecule has 1 fully saturated rings. The maximum absolute atomic E-state index is 5.31. The number of piperazine rings is 1. The van der Waals surface area contributed by atoms with Crippen molar-refractivity contribution in [1.29, 1.82) is 0 Å². The van der Waals surface area contributed by atoms with Gasteiger partial charge in [-0.05, 0) is 19.2 Å². The van der Waals surface area contributed by atoms with Crippen LogP contribution in [0.3, 0.4) is 0 Å². The van der Waals surface area contributed by atoms with Crippen molar-refractivity contribution < 1.29 is 4.42 Å². The van der Waals surface area contributed by atoms with Gasteiger partial charge >= 0.3 is 0 Å². The Morgan fingerprint density at radius 3 is 2.57 bits per heavy atom. The maximum Gasteiger partial charge on any atom is 0.117 e. The van der Waals surface area contributed by atoms with E-state index in [0.717, 1.165) is 25.4 Å². The van der Waals surface area contributed by atoms with E-state index in [9.17, 15) is 0 Å². The highest BCUT2D eigenvalue weighted by Crippen LogP contribution is 2.07. The van der Waals surface area contributed by atoms with Crippen LogP contribution in [0.1, 0.15) is 5.76 Å². The summed E-state index contributed by atoms with van der Waals surface area (Å²) in [4.78, 5) is 4.79. The van der Waals surface area contributed by atoms with Crippen molar-refractivity contribution in [2.24, 2.45) is 0 Å². The smallest absolute Gasteiger partial charge is 0.117 e. The molecule has 1 aromatic rings. The molecule has 0 atom stereocenters. The zero-order chi connectivity index (χ0) is 9.10. The van der Waals surface area contributed by atoms with E-state index >= 15 is 0 Å². The number of halogens is 1. The molecule has 0 N–H and O–H groups in total. The minimum atomic E-state index is 0. The number of hydrogen-bond acceptors (Lipinski definition) is 3. The van der Waals surface area contributed by atoms with E-state index in [0.29, 0.717) is 0 Å². The van der Waals surface area contributed by atoms with Crippen LogP contribution in [0.2, 0.25) is 0 Å². The standard InChI is InChI=1S/C10H16N2O.ClH/c1-11-4-6-12(7-5-11)9-10-3-2-8-13-10;/h2-3,8H,4-7,9H2,1H3;1H. The van der Waals surface area contributed by atoms with E-state index in [1.807, 2.05) is 12.1 Å². The second kappa shape index (κ2) is 5.39. The van der Waals surface area contributed by atoms with Gasteiger partial charge in [-0.2, -0.15) is 0 Å². The zero-order valence-electron chi connectivity index (χ0n) is 8.48. The Kier molecular flexibility index (Phi) is 4.45.